The summed E-state index contributed by atoms with van der Waals surface area (Å²) in [6.45, 7) is 2.21. The van der Waals surface area contributed by atoms with E-state index in [-0.39, 0.29) is 6.42 Å². The third-order valence-corrected chi connectivity index (χ3v) is 2.17. The van der Waals surface area contributed by atoms with Gasteiger partial charge in [-0.05, 0) is 19.3 Å². The highest BCUT2D eigenvalue weighted by molar-refractivity contribution is 5.66. The smallest absolute Gasteiger partial charge is 0.303 e. The molecule has 0 spiro atoms. The molecule has 0 fully saturated rings. The van der Waals surface area contributed by atoms with Crippen molar-refractivity contribution >= 4 is 5.97 Å². The lowest BCUT2D eigenvalue weighted by molar-refractivity contribution is -0.136. The van der Waals surface area contributed by atoms with Crippen LogP contribution in [-0.2, 0) is 4.79 Å². The van der Waals surface area contributed by atoms with Crippen molar-refractivity contribution in [1.29, 1.82) is 0 Å². The molecule has 14 heavy (non-hydrogen) atoms. The molecule has 0 atom stereocenters. The van der Waals surface area contributed by atoms with Gasteiger partial charge in [-0.15, -0.1) is 0 Å². The van der Waals surface area contributed by atoms with Crippen LogP contribution in [0.25, 0.3) is 0 Å². The van der Waals surface area contributed by atoms with Gasteiger partial charge < -0.3 is 5.11 Å². The van der Waals surface area contributed by atoms with Crippen LogP contribution in [0.1, 0.15) is 58.3 Å². The van der Waals surface area contributed by atoms with Crippen molar-refractivity contribution < 1.29 is 9.90 Å². The number of carbonyl (C=O) groups is 1. The number of allylic oxidation sites excluding steroid dienone is 2. The maximum atomic E-state index is 10.2. The zero-order chi connectivity index (χ0) is 10.6. The normalized spacial score (nSPS) is 10.9. The molecule has 1 N–H and O–H groups in total. The Kier molecular flexibility index (Phi) is 9.71. The first-order valence-electron chi connectivity index (χ1n) is 5.64. The van der Waals surface area contributed by atoms with Gasteiger partial charge in [0.15, 0.2) is 0 Å². The predicted molar refractivity (Wildman–Crippen MR) is 59.4 cm³/mol. The van der Waals surface area contributed by atoms with Gasteiger partial charge in [-0.2, -0.15) is 0 Å². The van der Waals surface area contributed by atoms with E-state index in [1.807, 2.05) is 6.08 Å². The lowest BCUT2D eigenvalue weighted by atomic mass is 10.1. The molecule has 0 amide bonds. The molecule has 0 aromatic heterocycles. The van der Waals surface area contributed by atoms with Crippen molar-refractivity contribution in [1.82, 2.24) is 0 Å². The molecule has 0 heterocycles. The molecule has 2 heteroatoms. The van der Waals surface area contributed by atoms with E-state index in [4.69, 9.17) is 5.11 Å². The summed E-state index contributed by atoms with van der Waals surface area (Å²) in [5, 5.41) is 8.38. The van der Waals surface area contributed by atoms with Crippen LogP contribution in [-0.4, -0.2) is 11.1 Å². The molecule has 0 unspecified atom stereocenters. The number of rotatable bonds is 9. The molecular formula is C12H22O2. The van der Waals surface area contributed by atoms with Crippen LogP contribution in [0.15, 0.2) is 12.2 Å². The summed E-state index contributed by atoms with van der Waals surface area (Å²) in [4.78, 5) is 10.2. The van der Waals surface area contributed by atoms with Crippen LogP contribution < -0.4 is 0 Å². The summed E-state index contributed by atoms with van der Waals surface area (Å²) >= 11 is 0. The molecule has 0 aliphatic heterocycles. The fourth-order valence-electron chi connectivity index (χ4n) is 1.31. The standard InChI is InChI=1S/C12H22O2/c1-2-3-4-5-6-7-8-9-10-11-12(13)14/h8-9H,2-7,10-11H2,1H3,(H,13,14)/b9-8-. The van der Waals surface area contributed by atoms with E-state index in [1.54, 1.807) is 0 Å². The van der Waals surface area contributed by atoms with Crippen LogP contribution in [0, 0.1) is 0 Å². The number of hydrogen-bond donors (Lipinski definition) is 1. The first kappa shape index (κ1) is 13.2. The minimum atomic E-state index is -0.711. The Morgan fingerprint density at radius 1 is 1.07 bits per heavy atom. The van der Waals surface area contributed by atoms with Gasteiger partial charge in [0.1, 0.15) is 0 Å². The molecular weight excluding hydrogens is 176 g/mol. The summed E-state index contributed by atoms with van der Waals surface area (Å²) in [5.41, 5.74) is 0. The fourth-order valence-corrected chi connectivity index (χ4v) is 1.31. The highest BCUT2D eigenvalue weighted by atomic mass is 16.4. The van der Waals surface area contributed by atoms with E-state index >= 15 is 0 Å². The van der Waals surface area contributed by atoms with Gasteiger partial charge in [0.2, 0.25) is 0 Å². The molecule has 0 aliphatic rings. The number of carboxylic acids is 1. The van der Waals surface area contributed by atoms with Gasteiger partial charge in [-0.25, -0.2) is 0 Å². The predicted octanol–water partition coefficient (Wildman–Crippen LogP) is 3.77. The first-order valence-corrected chi connectivity index (χ1v) is 5.64. The molecule has 82 valence electrons. The van der Waals surface area contributed by atoms with E-state index in [2.05, 4.69) is 13.0 Å². The van der Waals surface area contributed by atoms with Crippen molar-refractivity contribution in [2.75, 3.05) is 0 Å². The minimum absolute atomic E-state index is 0.256. The number of hydrogen-bond acceptors (Lipinski definition) is 1. The maximum Gasteiger partial charge on any atom is 0.303 e. The summed E-state index contributed by atoms with van der Waals surface area (Å²) in [7, 11) is 0. The first-order chi connectivity index (χ1) is 6.77. The van der Waals surface area contributed by atoms with E-state index in [0.29, 0.717) is 6.42 Å². The Labute approximate surface area is 87.0 Å². The Hall–Kier alpha value is -0.790. The molecule has 0 saturated carbocycles. The summed E-state index contributed by atoms with van der Waals surface area (Å²) in [6.07, 6.45) is 12.6. The van der Waals surface area contributed by atoms with Crippen molar-refractivity contribution in [2.24, 2.45) is 0 Å². The average molecular weight is 198 g/mol. The average Bonchev–Trinajstić information content (AvgIpc) is 2.15. The zero-order valence-corrected chi connectivity index (χ0v) is 9.17. The van der Waals surface area contributed by atoms with Gasteiger partial charge in [-0.1, -0.05) is 44.8 Å². The fraction of sp³-hybridized carbons (Fsp3) is 0.750. The highest BCUT2D eigenvalue weighted by Crippen LogP contribution is 2.05. The van der Waals surface area contributed by atoms with Crippen molar-refractivity contribution in [3.8, 4) is 0 Å². The van der Waals surface area contributed by atoms with Gasteiger partial charge in [-0.3, -0.25) is 4.79 Å². The summed E-state index contributed by atoms with van der Waals surface area (Å²) in [6, 6.07) is 0. The molecule has 0 radical (unpaired) electrons. The van der Waals surface area contributed by atoms with Gasteiger partial charge in [0.05, 0.1) is 0 Å². The number of aliphatic carboxylic acids is 1. The van der Waals surface area contributed by atoms with Gasteiger partial charge in [0.25, 0.3) is 0 Å². The van der Waals surface area contributed by atoms with E-state index in [1.165, 1.54) is 32.1 Å². The highest BCUT2D eigenvalue weighted by Gasteiger charge is 1.91. The van der Waals surface area contributed by atoms with E-state index < -0.39 is 5.97 Å². The summed E-state index contributed by atoms with van der Waals surface area (Å²) in [5.74, 6) is -0.711. The molecule has 0 aromatic carbocycles. The Morgan fingerprint density at radius 3 is 2.36 bits per heavy atom. The van der Waals surface area contributed by atoms with Gasteiger partial charge >= 0.3 is 5.97 Å². The quantitative estimate of drug-likeness (QED) is 0.452. The third kappa shape index (κ3) is 11.2. The van der Waals surface area contributed by atoms with Crippen molar-refractivity contribution in [3.63, 3.8) is 0 Å². The second-order valence-electron chi connectivity index (χ2n) is 3.61. The van der Waals surface area contributed by atoms with E-state index in [9.17, 15) is 4.79 Å². The molecule has 2 nitrogen and oxygen atoms in total. The molecule has 0 bridgehead atoms. The second-order valence-corrected chi connectivity index (χ2v) is 3.61. The minimum Gasteiger partial charge on any atom is -0.481 e. The topological polar surface area (TPSA) is 37.3 Å². The number of unbranched alkanes of at least 4 members (excludes halogenated alkanes) is 5. The molecule has 0 saturated heterocycles. The molecule has 0 rings (SSSR count). The third-order valence-electron chi connectivity index (χ3n) is 2.17. The van der Waals surface area contributed by atoms with E-state index in [0.717, 1.165) is 6.42 Å². The summed E-state index contributed by atoms with van der Waals surface area (Å²) < 4.78 is 0. The van der Waals surface area contributed by atoms with Crippen molar-refractivity contribution in [3.05, 3.63) is 12.2 Å². The van der Waals surface area contributed by atoms with Crippen LogP contribution in [0.3, 0.4) is 0 Å². The zero-order valence-electron chi connectivity index (χ0n) is 9.17. The second kappa shape index (κ2) is 10.3. The lowest BCUT2D eigenvalue weighted by Crippen LogP contribution is -1.91. The monoisotopic (exact) mass is 198 g/mol. The number of carboxylic acid groups (broad SMARTS) is 1. The van der Waals surface area contributed by atoms with Crippen molar-refractivity contribution in [2.45, 2.75) is 58.3 Å². The maximum absolute atomic E-state index is 10.2. The van der Waals surface area contributed by atoms with Crippen LogP contribution in [0.4, 0.5) is 0 Å². The lowest BCUT2D eigenvalue weighted by Gasteiger charge is -1.95. The van der Waals surface area contributed by atoms with Crippen LogP contribution >= 0.6 is 0 Å². The Bertz CT molecular complexity index is 162. The van der Waals surface area contributed by atoms with Crippen LogP contribution in [0.5, 0.6) is 0 Å². The Morgan fingerprint density at radius 2 is 1.71 bits per heavy atom. The molecule has 0 aliphatic carbocycles. The molecule has 0 aromatic rings. The largest absolute Gasteiger partial charge is 0.481 e. The van der Waals surface area contributed by atoms with Gasteiger partial charge in [0, 0.05) is 6.42 Å². The van der Waals surface area contributed by atoms with Crippen LogP contribution in [0.2, 0.25) is 0 Å². The Balaban J connectivity index is 3.07. The SMILES string of the molecule is CCCCCCC/C=C\CCC(=O)O.